The van der Waals surface area contributed by atoms with Crippen molar-refractivity contribution in [1.29, 1.82) is 0 Å². The highest BCUT2D eigenvalue weighted by Crippen LogP contribution is 2.25. The van der Waals surface area contributed by atoms with Gasteiger partial charge < -0.3 is 5.11 Å². The summed E-state index contributed by atoms with van der Waals surface area (Å²) in [7, 11) is 0. The number of carboxylic acids is 1. The molecule has 0 spiro atoms. The van der Waals surface area contributed by atoms with E-state index in [4.69, 9.17) is 16.7 Å². The molecule has 21 heavy (non-hydrogen) atoms. The number of carbonyl (C=O) groups is 1. The summed E-state index contributed by atoms with van der Waals surface area (Å²) in [5, 5.41) is 15.7. The molecule has 2 N–H and O–H groups in total. The second-order valence-electron chi connectivity index (χ2n) is 4.71. The maximum atomic E-state index is 11.1. The Morgan fingerprint density at radius 3 is 2.76 bits per heavy atom. The maximum Gasteiger partial charge on any atom is 0.320 e. The molecule has 1 unspecified atom stereocenters. The predicted octanol–water partition coefficient (Wildman–Crippen LogP) is 3.81. The molecule has 4 nitrogen and oxygen atoms in total. The summed E-state index contributed by atoms with van der Waals surface area (Å²) < 4.78 is 0. The van der Waals surface area contributed by atoms with Gasteiger partial charge in [-0.25, -0.2) is 4.98 Å². The minimum absolute atomic E-state index is 0.459. The third-order valence-electron chi connectivity index (χ3n) is 3.05. The van der Waals surface area contributed by atoms with Crippen LogP contribution in [0.4, 0.5) is 0 Å². The quantitative estimate of drug-likeness (QED) is 0.813. The monoisotopic (exact) mass is 324 g/mol. The van der Waals surface area contributed by atoms with Crippen molar-refractivity contribution in [1.82, 2.24) is 10.3 Å². The fourth-order valence-corrected chi connectivity index (χ4v) is 2.89. The Balaban J connectivity index is 2.00. The van der Waals surface area contributed by atoms with Gasteiger partial charge in [0.2, 0.25) is 0 Å². The van der Waals surface area contributed by atoms with Crippen molar-refractivity contribution in [3.05, 3.63) is 40.4 Å². The van der Waals surface area contributed by atoms with E-state index in [-0.39, 0.29) is 0 Å². The number of thiazole rings is 1. The third-order valence-corrected chi connectivity index (χ3v) is 4.24. The summed E-state index contributed by atoms with van der Waals surface area (Å²) in [6.45, 7) is 2.43. The third kappa shape index (κ3) is 4.52. The van der Waals surface area contributed by atoms with Gasteiger partial charge in [0.1, 0.15) is 11.0 Å². The molecule has 0 aliphatic heterocycles. The lowest BCUT2D eigenvalue weighted by atomic mass is 10.1. The Bertz CT molecular complexity index is 598. The van der Waals surface area contributed by atoms with Crippen LogP contribution in [0, 0.1) is 0 Å². The van der Waals surface area contributed by atoms with Gasteiger partial charge in [0.25, 0.3) is 0 Å². The Morgan fingerprint density at radius 2 is 2.14 bits per heavy atom. The molecule has 1 atom stereocenters. The zero-order chi connectivity index (χ0) is 15.2. The number of aliphatic carboxylic acids is 1. The Hall–Kier alpha value is -1.43. The van der Waals surface area contributed by atoms with Crippen molar-refractivity contribution in [2.24, 2.45) is 0 Å². The summed E-state index contributed by atoms with van der Waals surface area (Å²) >= 11 is 7.41. The van der Waals surface area contributed by atoms with E-state index in [1.165, 1.54) is 0 Å². The molecule has 2 rings (SSSR count). The second-order valence-corrected chi connectivity index (χ2v) is 6.01. The zero-order valence-corrected chi connectivity index (χ0v) is 13.2. The van der Waals surface area contributed by atoms with E-state index < -0.39 is 12.0 Å². The average molecular weight is 325 g/mol. The number of aromatic nitrogens is 1. The first kappa shape index (κ1) is 15.9. The lowest BCUT2D eigenvalue weighted by Crippen LogP contribution is -2.36. The summed E-state index contributed by atoms with van der Waals surface area (Å²) in [5.41, 5.74) is 1.87. The van der Waals surface area contributed by atoms with Gasteiger partial charge in [-0.2, -0.15) is 0 Å². The Labute approximate surface area is 132 Å². The molecule has 0 saturated carbocycles. The van der Waals surface area contributed by atoms with Crippen LogP contribution in [0.25, 0.3) is 10.6 Å². The number of rotatable bonds is 7. The first-order valence-corrected chi connectivity index (χ1v) is 8.02. The molecular weight excluding hydrogens is 308 g/mol. The van der Waals surface area contributed by atoms with Gasteiger partial charge in [0.05, 0.1) is 5.69 Å². The van der Waals surface area contributed by atoms with Crippen molar-refractivity contribution in [3.8, 4) is 10.6 Å². The topological polar surface area (TPSA) is 62.2 Å². The van der Waals surface area contributed by atoms with Crippen LogP contribution < -0.4 is 5.32 Å². The van der Waals surface area contributed by atoms with Crippen LogP contribution in [-0.4, -0.2) is 22.1 Å². The molecule has 0 bridgehead atoms. The lowest BCUT2D eigenvalue weighted by Gasteiger charge is -2.11. The molecule has 1 aromatic heterocycles. The van der Waals surface area contributed by atoms with Gasteiger partial charge in [-0.05, 0) is 18.6 Å². The Morgan fingerprint density at radius 1 is 1.43 bits per heavy atom. The molecule has 2 aromatic rings. The first-order chi connectivity index (χ1) is 10.1. The minimum Gasteiger partial charge on any atom is -0.480 e. The number of carboxylic acid groups (broad SMARTS) is 1. The van der Waals surface area contributed by atoms with Crippen molar-refractivity contribution in [2.45, 2.75) is 32.4 Å². The molecule has 6 heteroatoms. The van der Waals surface area contributed by atoms with E-state index in [1.54, 1.807) is 11.3 Å². The number of nitrogens with one attached hydrogen (secondary N) is 1. The molecule has 0 radical (unpaired) electrons. The van der Waals surface area contributed by atoms with E-state index in [2.05, 4.69) is 10.3 Å². The number of hydrogen-bond acceptors (Lipinski definition) is 4. The van der Waals surface area contributed by atoms with Crippen LogP contribution in [0.1, 0.15) is 25.5 Å². The predicted molar refractivity (Wildman–Crippen MR) is 85.7 cm³/mol. The molecule has 0 amide bonds. The molecule has 0 aliphatic rings. The van der Waals surface area contributed by atoms with Crippen LogP contribution in [-0.2, 0) is 11.3 Å². The van der Waals surface area contributed by atoms with Crippen LogP contribution in [0.5, 0.6) is 0 Å². The fourth-order valence-electron chi connectivity index (χ4n) is 1.94. The van der Waals surface area contributed by atoms with Gasteiger partial charge >= 0.3 is 5.97 Å². The SMILES string of the molecule is CCCC(NCc1csc(-c2ccc(Cl)cc2)n1)C(=O)O. The van der Waals surface area contributed by atoms with E-state index in [9.17, 15) is 4.79 Å². The largest absolute Gasteiger partial charge is 0.480 e. The fraction of sp³-hybridized carbons (Fsp3) is 0.333. The number of halogens is 1. The standard InChI is InChI=1S/C15H17ClN2O2S/c1-2-3-13(15(19)20)17-8-12-9-21-14(18-12)10-4-6-11(16)7-5-10/h4-7,9,13,17H,2-3,8H2,1H3,(H,19,20). The van der Waals surface area contributed by atoms with E-state index >= 15 is 0 Å². The summed E-state index contributed by atoms with van der Waals surface area (Å²) in [5.74, 6) is -0.815. The smallest absolute Gasteiger partial charge is 0.320 e. The normalized spacial score (nSPS) is 12.3. The minimum atomic E-state index is -0.815. The highest BCUT2D eigenvalue weighted by Gasteiger charge is 2.15. The van der Waals surface area contributed by atoms with Crippen molar-refractivity contribution in [2.75, 3.05) is 0 Å². The van der Waals surface area contributed by atoms with Crippen molar-refractivity contribution < 1.29 is 9.90 Å². The van der Waals surface area contributed by atoms with Gasteiger partial charge in [0.15, 0.2) is 0 Å². The summed E-state index contributed by atoms with van der Waals surface area (Å²) in [4.78, 5) is 15.6. The van der Waals surface area contributed by atoms with Gasteiger partial charge in [-0.3, -0.25) is 10.1 Å². The highest BCUT2D eigenvalue weighted by atomic mass is 35.5. The Kier molecular flexibility index (Phi) is 5.73. The second kappa shape index (κ2) is 7.54. The lowest BCUT2D eigenvalue weighted by molar-refractivity contribution is -0.139. The van der Waals surface area contributed by atoms with Crippen molar-refractivity contribution >= 4 is 28.9 Å². The van der Waals surface area contributed by atoms with Gasteiger partial charge in [0, 0.05) is 22.5 Å². The van der Waals surface area contributed by atoms with Gasteiger partial charge in [-0.15, -0.1) is 11.3 Å². The van der Waals surface area contributed by atoms with Crippen LogP contribution in [0.2, 0.25) is 5.02 Å². The number of benzene rings is 1. The van der Waals surface area contributed by atoms with Crippen LogP contribution >= 0.6 is 22.9 Å². The number of hydrogen-bond donors (Lipinski definition) is 2. The molecule has 0 aliphatic carbocycles. The highest BCUT2D eigenvalue weighted by molar-refractivity contribution is 7.13. The maximum absolute atomic E-state index is 11.1. The van der Waals surface area contributed by atoms with Crippen LogP contribution in [0.3, 0.4) is 0 Å². The average Bonchev–Trinajstić information content (AvgIpc) is 2.92. The van der Waals surface area contributed by atoms with E-state index in [0.717, 1.165) is 22.7 Å². The molecule has 1 aromatic carbocycles. The molecule has 0 saturated heterocycles. The first-order valence-electron chi connectivity index (χ1n) is 6.76. The van der Waals surface area contributed by atoms with Gasteiger partial charge in [-0.1, -0.05) is 37.1 Å². The zero-order valence-electron chi connectivity index (χ0n) is 11.7. The van der Waals surface area contributed by atoms with Crippen LogP contribution in [0.15, 0.2) is 29.6 Å². The van der Waals surface area contributed by atoms with E-state index in [1.807, 2.05) is 36.6 Å². The molecule has 112 valence electrons. The number of nitrogens with zero attached hydrogens (tertiary/aromatic N) is 1. The summed E-state index contributed by atoms with van der Waals surface area (Å²) in [6.07, 6.45) is 1.45. The molecule has 0 fully saturated rings. The molecular formula is C15H17ClN2O2S. The molecule has 1 heterocycles. The van der Waals surface area contributed by atoms with Crippen molar-refractivity contribution in [3.63, 3.8) is 0 Å². The van der Waals surface area contributed by atoms with E-state index in [0.29, 0.717) is 18.0 Å². The summed E-state index contributed by atoms with van der Waals surface area (Å²) in [6, 6.07) is 7.00.